The maximum Gasteiger partial charge on any atom is 0.417 e. The molecule has 212 valence electrons. The Morgan fingerprint density at radius 2 is 1.74 bits per heavy atom. The highest BCUT2D eigenvalue weighted by Crippen LogP contribution is 2.41. The van der Waals surface area contributed by atoms with Crippen LogP contribution in [0.25, 0.3) is 11.3 Å². The van der Waals surface area contributed by atoms with Crippen molar-refractivity contribution < 1.29 is 39.6 Å². The van der Waals surface area contributed by atoms with Crippen LogP contribution in [0.2, 0.25) is 5.02 Å². The summed E-state index contributed by atoms with van der Waals surface area (Å²) in [4.78, 5) is 12.8. The third-order valence-corrected chi connectivity index (χ3v) is 6.80. The number of hydrogen-bond donors (Lipinski definition) is 1. The van der Waals surface area contributed by atoms with E-state index >= 15 is 0 Å². The van der Waals surface area contributed by atoms with Crippen LogP contribution in [0, 0.1) is 11.8 Å². The van der Waals surface area contributed by atoms with E-state index in [1.54, 1.807) is 6.92 Å². The molecule has 6 nitrogen and oxygen atoms in total. The van der Waals surface area contributed by atoms with Gasteiger partial charge >= 0.3 is 23.9 Å². The topological polar surface area (TPSA) is 81.1 Å². The predicted octanol–water partition coefficient (Wildman–Crippen LogP) is 6.62. The highest BCUT2D eigenvalue weighted by atomic mass is 35.5. The van der Waals surface area contributed by atoms with Crippen molar-refractivity contribution >= 4 is 29.1 Å². The van der Waals surface area contributed by atoms with Crippen molar-refractivity contribution in [3.05, 3.63) is 40.0 Å². The van der Waals surface area contributed by atoms with Gasteiger partial charge in [-0.3, -0.25) is 9.48 Å². The molecule has 0 radical (unpaired) electrons. The lowest BCUT2D eigenvalue weighted by Crippen LogP contribution is -2.31. The number of hydrogen-bond acceptors (Lipinski definition) is 4. The maximum atomic E-state index is 13.9. The van der Waals surface area contributed by atoms with Gasteiger partial charge in [0, 0.05) is 25.1 Å². The molecule has 0 atom stereocenters. The summed E-state index contributed by atoms with van der Waals surface area (Å²) in [5.74, 6) is 0.405. The molecule has 1 N–H and O–H groups in total. The third-order valence-electron chi connectivity index (χ3n) is 6.44. The van der Waals surface area contributed by atoms with Gasteiger partial charge in [0.2, 0.25) is 0 Å². The lowest BCUT2D eigenvalue weighted by atomic mass is 9.83. The second-order valence-electron chi connectivity index (χ2n) is 9.22. The van der Waals surface area contributed by atoms with Gasteiger partial charge in [0.1, 0.15) is 0 Å². The summed E-state index contributed by atoms with van der Waals surface area (Å²) in [6.45, 7) is 4.39. The maximum absolute atomic E-state index is 13.9. The van der Waals surface area contributed by atoms with Crippen LogP contribution in [-0.2, 0) is 30.7 Å². The van der Waals surface area contributed by atoms with Crippen molar-refractivity contribution in [2.45, 2.75) is 71.3 Å². The monoisotopic (exact) mass is 587 g/mol. The summed E-state index contributed by atoms with van der Waals surface area (Å²) >= 11 is 5.65. The van der Waals surface area contributed by atoms with E-state index < -0.39 is 48.2 Å². The smallest absolute Gasteiger partial charge is 0.350 e. The summed E-state index contributed by atoms with van der Waals surface area (Å²) in [6, 6.07) is 3.01. The van der Waals surface area contributed by atoms with Crippen molar-refractivity contribution in [2.75, 3.05) is 6.54 Å². The molecular weight excluding hydrogens is 560 g/mol. The van der Waals surface area contributed by atoms with E-state index in [1.807, 2.05) is 0 Å². The lowest BCUT2D eigenvalue weighted by Gasteiger charge is -2.26. The molecule has 0 spiro atoms. The average molecular weight is 588 g/mol. The van der Waals surface area contributed by atoms with Gasteiger partial charge in [-0.1, -0.05) is 43.5 Å². The predicted molar refractivity (Wildman–Crippen MR) is 130 cm³/mol. The van der Waals surface area contributed by atoms with Crippen LogP contribution < -0.4 is 5.32 Å². The van der Waals surface area contributed by atoms with Crippen molar-refractivity contribution in [1.82, 2.24) is 15.1 Å². The molecule has 0 bridgehead atoms. The zero-order valence-electron chi connectivity index (χ0n) is 20.7. The molecule has 14 heteroatoms. The zero-order chi connectivity index (χ0) is 28.7. The van der Waals surface area contributed by atoms with Crippen LogP contribution in [-0.4, -0.2) is 36.8 Å². The van der Waals surface area contributed by atoms with Gasteiger partial charge in [-0.25, -0.2) is 0 Å². The Labute approximate surface area is 224 Å². The van der Waals surface area contributed by atoms with Gasteiger partial charge < -0.3 is 5.32 Å². The van der Waals surface area contributed by atoms with Crippen molar-refractivity contribution in [1.29, 1.82) is 0 Å². The molecule has 1 aromatic heterocycles. The minimum Gasteiger partial charge on any atom is -0.350 e. The molecule has 0 unspecified atom stereocenters. The molecule has 38 heavy (non-hydrogen) atoms. The molecule has 1 saturated carbocycles. The summed E-state index contributed by atoms with van der Waals surface area (Å²) in [7, 11) is 0. The fourth-order valence-corrected chi connectivity index (χ4v) is 4.72. The Balaban J connectivity index is 0.00000161. The number of rotatable bonds is 7. The summed E-state index contributed by atoms with van der Waals surface area (Å²) in [5.41, 5.74) is -1.84. The van der Waals surface area contributed by atoms with Crippen molar-refractivity contribution in [2.24, 2.45) is 11.8 Å². The normalized spacial score (nSPS) is 17.9. The highest BCUT2D eigenvalue weighted by Gasteiger charge is 2.37. The quantitative estimate of drug-likeness (QED) is 0.369. The number of benzene rings is 1. The fraction of sp³-hybridized carbons (Fsp3) is 0.583. The minimum atomic E-state index is -4.85. The van der Waals surface area contributed by atoms with Crippen LogP contribution in [0.1, 0.15) is 67.6 Å². The SMILES string of the molecule is CCn1nc(C(=O)NCC2CCC(C)CC2)c(Cl)c1-c1ccc(CCC(F)(F)F)cc1C(F)(F)F.O=S=O. The van der Waals surface area contributed by atoms with Gasteiger partial charge in [0.25, 0.3) is 5.91 Å². The van der Waals surface area contributed by atoms with Crippen LogP contribution in [0.5, 0.6) is 0 Å². The minimum absolute atomic E-state index is 0.0968. The Hall–Kier alpha value is -2.41. The van der Waals surface area contributed by atoms with E-state index in [0.29, 0.717) is 24.4 Å². The van der Waals surface area contributed by atoms with E-state index in [0.717, 1.165) is 31.7 Å². The first-order valence-electron chi connectivity index (χ1n) is 11.9. The number of amides is 1. The molecule has 2 aromatic rings. The molecule has 1 amide bonds. The average Bonchev–Trinajstić information content (AvgIpc) is 3.17. The molecule has 0 saturated heterocycles. The molecule has 1 aliphatic carbocycles. The van der Waals surface area contributed by atoms with E-state index in [4.69, 9.17) is 20.0 Å². The highest BCUT2D eigenvalue weighted by molar-refractivity contribution is 7.51. The zero-order valence-corrected chi connectivity index (χ0v) is 22.3. The lowest BCUT2D eigenvalue weighted by molar-refractivity contribution is -0.137. The van der Waals surface area contributed by atoms with Crippen molar-refractivity contribution in [3.8, 4) is 11.3 Å². The van der Waals surface area contributed by atoms with Crippen LogP contribution in [0.4, 0.5) is 26.3 Å². The van der Waals surface area contributed by atoms with Gasteiger partial charge in [0.15, 0.2) is 5.69 Å². The van der Waals surface area contributed by atoms with E-state index in [2.05, 4.69) is 17.3 Å². The standard InChI is InChI=1S/C24H28ClF6N3O.O2S/c1-3-34-21(17-9-8-15(10-11-23(26,27)28)12-18(17)24(29,30)31)19(25)20(33-34)22(35)32-13-16-6-4-14(2)5-7-16;1-3-2/h8-9,12,14,16H,3-7,10-11,13H2,1-2H3,(H,32,35);. The first kappa shape index (κ1) is 31.8. The summed E-state index contributed by atoms with van der Waals surface area (Å²) < 4.78 is 97.2. The largest absolute Gasteiger partial charge is 0.417 e. The number of alkyl halides is 6. The van der Waals surface area contributed by atoms with E-state index in [-0.39, 0.29) is 34.1 Å². The third kappa shape index (κ3) is 8.82. The Morgan fingerprint density at radius 3 is 2.26 bits per heavy atom. The number of nitrogens with one attached hydrogen (secondary N) is 1. The van der Waals surface area contributed by atoms with Crippen molar-refractivity contribution in [3.63, 3.8) is 0 Å². The molecule has 1 heterocycles. The first-order chi connectivity index (χ1) is 17.7. The summed E-state index contributed by atoms with van der Waals surface area (Å²) in [6.07, 6.45) is -7.03. The number of carbonyl (C=O) groups is 1. The second kappa shape index (κ2) is 13.6. The van der Waals surface area contributed by atoms with Crippen LogP contribution in [0.3, 0.4) is 0 Å². The van der Waals surface area contributed by atoms with Gasteiger partial charge in [0.05, 0.1) is 16.3 Å². The Morgan fingerprint density at radius 1 is 1.13 bits per heavy atom. The van der Waals surface area contributed by atoms with Crippen LogP contribution >= 0.6 is 11.6 Å². The molecule has 1 aromatic carbocycles. The number of aryl methyl sites for hydroxylation is 2. The number of carbonyl (C=O) groups excluding carboxylic acids is 1. The molecular formula is C24H28ClF6N3O3S. The van der Waals surface area contributed by atoms with Gasteiger partial charge in [-0.05, 0) is 49.7 Å². The van der Waals surface area contributed by atoms with E-state index in [1.165, 1.54) is 10.7 Å². The molecule has 1 fully saturated rings. The number of nitrogens with zero attached hydrogens (tertiary/aromatic N) is 2. The Bertz CT molecular complexity index is 1140. The van der Waals surface area contributed by atoms with E-state index in [9.17, 15) is 31.1 Å². The molecule has 1 aliphatic rings. The summed E-state index contributed by atoms with van der Waals surface area (Å²) in [5, 5.41) is 6.72. The molecule has 0 aliphatic heterocycles. The number of aromatic nitrogens is 2. The van der Waals surface area contributed by atoms with Gasteiger partial charge in [-0.15, -0.1) is 0 Å². The van der Waals surface area contributed by atoms with Gasteiger partial charge in [-0.2, -0.15) is 39.9 Å². The second-order valence-corrected chi connectivity index (χ2v) is 9.74. The first-order valence-corrected chi connectivity index (χ1v) is 13.0. The number of halogens is 7. The fourth-order valence-electron chi connectivity index (χ4n) is 4.40. The van der Waals surface area contributed by atoms with Crippen LogP contribution in [0.15, 0.2) is 18.2 Å². The Kier molecular flexibility index (Phi) is 11.4. The molecule has 3 rings (SSSR count).